The summed E-state index contributed by atoms with van der Waals surface area (Å²) in [5, 5.41) is 10.2. The molecule has 2 rings (SSSR count). The molecular formula is C16H29N5OS. The van der Waals surface area contributed by atoms with Gasteiger partial charge >= 0.3 is 0 Å². The Bertz CT molecular complexity index is 483. The van der Waals surface area contributed by atoms with Gasteiger partial charge in [-0.3, -0.25) is 4.99 Å². The molecule has 2 heterocycles. The SMILES string of the molecule is CCc1nc(CNC(=NC)NC2CCN(CCOC)CC2)cs1. The number of aryl methyl sites for hydroxylation is 1. The van der Waals surface area contributed by atoms with Gasteiger partial charge in [0.05, 0.1) is 23.9 Å². The summed E-state index contributed by atoms with van der Waals surface area (Å²) < 4.78 is 5.15. The van der Waals surface area contributed by atoms with Gasteiger partial charge in [0, 0.05) is 45.2 Å². The molecule has 0 unspecified atom stereocenters. The number of rotatable bonds is 7. The van der Waals surface area contributed by atoms with Crippen LogP contribution in [0.4, 0.5) is 0 Å². The molecule has 0 atom stereocenters. The van der Waals surface area contributed by atoms with Crippen LogP contribution in [0.2, 0.25) is 0 Å². The third-order valence-electron chi connectivity index (χ3n) is 4.10. The molecule has 0 amide bonds. The first-order valence-electron chi connectivity index (χ1n) is 8.37. The van der Waals surface area contributed by atoms with Crippen molar-refractivity contribution in [3.05, 3.63) is 16.1 Å². The highest BCUT2D eigenvalue weighted by molar-refractivity contribution is 7.09. The highest BCUT2D eigenvalue weighted by Crippen LogP contribution is 2.11. The van der Waals surface area contributed by atoms with Crippen LogP contribution in [-0.2, 0) is 17.7 Å². The predicted molar refractivity (Wildman–Crippen MR) is 96.2 cm³/mol. The highest BCUT2D eigenvalue weighted by Gasteiger charge is 2.19. The molecule has 7 heteroatoms. The van der Waals surface area contributed by atoms with E-state index in [-0.39, 0.29) is 0 Å². The zero-order valence-corrected chi connectivity index (χ0v) is 15.3. The molecule has 0 radical (unpaired) electrons. The summed E-state index contributed by atoms with van der Waals surface area (Å²) in [4.78, 5) is 11.4. The van der Waals surface area contributed by atoms with E-state index in [0.717, 1.165) is 63.7 Å². The van der Waals surface area contributed by atoms with Gasteiger partial charge in [-0.2, -0.15) is 0 Å². The van der Waals surface area contributed by atoms with E-state index in [2.05, 4.69) is 37.8 Å². The van der Waals surface area contributed by atoms with Gasteiger partial charge in [-0.05, 0) is 19.3 Å². The number of methoxy groups -OCH3 is 1. The van der Waals surface area contributed by atoms with Crippen molar-refractivity contribution in [2.75, 3.05) is 40.4 Å². The van der Waals surface area contributed by atoms with Crippen molar-refractivity contribution in [2.24, 2.45) is 4.99 Å². The average Bonchev–Trinajstić information content (AvgIpc) is 3.06. The first kappa shape index (κ1) is 18.2. The summed E-state index contributed by atoms with van der Waals surface area (Å²) in [6.07, 6.45) is 3.28. The minimum Gasteiger partial charge on any atom is -0.383 e. The summed E-state index contributed by atoms with van der Waals surface area (Å²) >= 11 is 1.72. The molecule has 1 saturated heterocycles. The molecule has 1 aliphatic rings. The van der Waals surface area contributed by atoms with Crippen LogP contribution in [-0.4, -0.2) is 62.3 Å². The molecule has 2 N–H and O–H groups in total. The lowest BCUT2D eigenvalue weighted by atomic mass is 10.1. The van der Waals surface area contributed by atoms with E-state index in [9.17, 15) is 0 Å². The number of piperidine rings is 1. The number of hydrogen-bond acceptors (Lipinski definition) is 5. The number of thiazole rings is 1. The first-order chi connectivity index (χ1) is 11.2. The average molecular weight is 340 g/mol. The van der Waals surface area contributed by atoms with Gasteiger partial charge in [-0.15, -0.1) is 11.3 Å². The summed E-state index contributed by atoms with van der Waals surface area (Å²) in [7, 11) is 3.58. The maximum atomic E-state index is 5.15. The number of nitrogens with zero attached hydrogens (tertiary/aromatic N) is 3. The van der Waals surface area contributed by atoms with Gasteiger partial charge in [0.15, 0.2) is 5.96 Å². The monoisotopic (exact) mass is 339 g/mol. The molecule has 0 spiro atoms. The van der Waals surface area contributed by atoms with Crippen LogP contribution in [0.1, 0.15) is 30.5 Å². The normalized spacial score (nSPS) is 17.4. The molecule has 6 nitrogen and oxygen atoms in total. The number of guanidine groups is 1. The topological polar surface area (TPSA) is 61.8 Å². The molecule has 0 saturated carbocycles. The summed E-state index contributed by atoms with van der Waals surface area (Å²) in [6.45, 7) is 6.93. The molecule has 1 aromatic heterocycles. The molecule has 0 bridgehead atoms. The molecule has 1 fully saturated rings. The van der Waals surface area contributed by atoms with E-state index in [4.69, 9.17) is 4.74 Å². The van der Waals surface area contributed by atoms with Crippen molar-refractivity contribution >= 4 is 17.3 Å². The zero-order chi connectivity index (χ0) is 16.5. The van der Waals surface area contributed by atoms with Crippen LogP contribution in [0.3, 0.4) is 0 Å². The fourth-order valence-corrected chi connectivity index (χ4v) is 3.42. The lowest BCUT2D eigenvalue weighted by Crippen LogP contribution is -2.48. The molecule has 0 aliphatic carbocycles. The first-order valence-corrected chi connectivity index (χ1v) is 9.24. The van der Waals surface area contributed by atoms with Crippen molar-refractivity contribution in [1.29, 1.82) is 0 Å². The highest BCUT2D eigenvalue weighted by atomic mass is 32.1. The molecule has 1 aliphatic heterocycles. The van der Waals surface area contributed by atoms with E-state index in [0.29, 0.717) is 6.04 Å². The van der Waals surface area contributed by atoms with Gasteiger partial charge in [0.1, 0.15) is 0 Å². The fourth-order valence-electron chi connectivity index (χ4n) is 2.68. The van der Waals surface area contributed by atoms with Crippen LogP contribution in [0.5, 0.6) is 0 Å². The maximum absolute atomic E-state index is 5.15. The van der Waals surface area contributed by atoms with E-state index in [1.54, 1.807) is 18.4 Å². The van der Waals surface area contributed by atoms with Crippen molar-refractivity contribution < 1.29 is 4.74 Å². The zero-order valence-electron chi connectivity index (χ0n) is 14.5. The summed E-state index contributed by atoms with van der Waals surface area (Å²) in [5.41, 5.74) is 1.09. The van der Waals surface area contributed by atoms with E-state index in [1.165, 1.54) is 5.01 Å². The van der Waals surface area contributed by atoms with Gasteiger partial charge < -0.3 is 20.3 Å². The lowest BCUT2D eigenvalue weighted by molar-refractivity contribution is 0.128. The standard InChI is InChI=1S/C16H29N5OS/c1-4-15-19-14(12-23-15)11-18-16(17-2)20-13-5-7-21(8-6-13)9-10-22-3/h12-13H,4-11H2,1-3H3,(H2,17,18,20). The minimum atomic E-state index is 0.488. The Morgan fingerprint density at radius 3 is 2.87 bits per heavy atom. The molecule has 0 aromatic carbocycles. The van der Waals surface area contributed by atoms with E-state index >= 15 is 0 Å². The minimum absolute atomic E-state index is 0.488. The second kappa shape index (κ2) is 9.85. The van der Waals surface area contributed by atoms with E-state index in [1.807, 2.05) is 7.05 Å². The maximum Gasteiger partial charge on any atom is 0.191 e. The van der Waals surface area contributed by atoms with E-state index < -0.39 is 0 Å². The third-order valence-corrected chi connectivity index (χ3v) is 5.14. The van der Waals surface area contributed by atoms with Gasteiger partial charge in [0.2, 0.25) is 0 Å². The van der Waals surface area contributed by atoms with Crippen molar-refractivity contribution in [2.45, 2.75) is 38.8 Å². The summed E-state index contributed by atoms with van der Waals surface area (Å²) in [5.74, 6) is 0.867. The van der Waals surface area contributed by atoms with Gasteiger partial charge in [-0.25, -0.2) is 4.98 Å². The predicted octanol–water partition coefficient (Wildman–Crippen LogP) is 1.48. The van der Waals surface area contributed by atoms with Crippen LogP contribution in [0.15, 0.2) is 10.4 Å². The second-order valence-electron chi connectivity index (χ2n) is 5.76. The Morgan fingerprint density at radius 1 is 1.48 bits per heavy atom. The number of likely N-dealkylation sites (tertiary alicyclic amines) is 1. The van der Waals surface area contributed by atoms with Crippen molar-refractivity contribution in [3.63, 3.8) is 0 Å². The number of hydrogen-bond donors (Lipinski definition) is 2. The Hall–Kier alpha value is -1.18. The number of ether oxygens (including phenoxy) is 1. The second-order valence-corrected chi connectivity index (χ2v) is 6.71. The Labute approximate surface area is 143 Å². The van der Waals surface area contributed by atoms with Crippen LogP contribution < -0.4 is 10.6 Å². The van der Waals surface area contributed by atoms with Crippen molar-refractivity contribution in [3.8, 4) is 0 Å². The number of aliphatic imine (C=N–C) groups is 1. The van der Waals surface area contributed by atoms with Crippen molar-refractivity contribution in [1.82, 2.24) is 20.5 Å². The molecule has 130 valence electrons. The molecule has 23 heavy (non-hydrogen) atoms. The van der Waals surface area contributed by atoms with Gasteiger partial charge in [-0.1, -0.05) is 6.92 Å². The Balaban J connectivity index is 1.71. The summed E-state index contributed by atoms with van der Waals surface area (Å²) in [6, 6.07) is 0.488. The molecular weight excluding hydrogens is 310 g/mol. The van der Waals surface area contributed by atoms with Crippen LogP contribution in [0, 0.1) is 0 Å². The van der Waals surface area contributed by atoms with Crippen LogP contribution in [0.25, 0.3) is 0 Å². The number of nitrogens with one attached hydrogen (secondary N) is 2. The molecule has 1 aromatic rings. The lowest BCUT2D eigenvalue weighted by Gasteiger charge is -2.32. The quantitative estimate of drug-likeness (QED) is 0.582. The number of aromatic nitrogens is 1. The fraction of sp³-hybridized carbons (Fsp3) is 0.750. The van der Waals surface area contributed by atoms with Gasteiger partial charge in [0.25, 0.3) is 0 Å². The smallest absolute Gasteiger partial charge is 0.191 e. The van der Waals surface area contributed by atoms with Crippen LogP contribution >= 0.6 is 11.3 Å². The largest absolute Gasteiger partial charge is 0.383 e. The Morgan fingerprint density at radius 2 is 2.26 bits per heavy atom. The third kappa shape index (κ3) is 6.08. The Kier molecular flexibility index (Phi) is 7.78.